The molecule has 0 saturated heterocycles. The molecule has 0 rings (SSSR count). The van der Waals surface area contributed by atoms with Crippen LogP contribution in [0.3, 0.4) is 0 Å². The van der Waals surface area contributed by atoms with E-state index in [0.29, 0.717) is 6.42 Å². The summed E-state index contributed by atoms with van der Waals surface area (Å²) in [6, 6.07) is -0.641. The molecule has 276 valence electrons. The predicted molar refractivity (Wildman–Crippen MR) is 207 cm³/mol. The molecule has 4 heteroatoms. The van der Waals surface area contributed by atoms with E-state index >= 15 is 0 Å². The first-order valence-electron chi connectivity index (χ1n) is 20.7. The van der Waals surface area contributed by atoms with Crippen molar-refractivity contribution >= 4 is 5.91 Å². The fourth-order valence-corrected chi connectivity index (χ4v) is 6.15. The molecule has 0 fully saturated rings. The number of hydrogen-bond donors (Lipinski definition) is 3. The third-order valence-corrected chi connectivity index (χ3v) is 9.35. The molecule has 0 bridgehead atoms. The smallest absolute Gasteiger partial charge is 0.220 e. The van der Waals surface area contributed by atoms with Crippen molar-refractivity contribution in [3.63, 3.8) is 0 Å². The second-order valence-corrected chi connectivity index (χ2v) is 14.0. The first-order valence-corrected chi connectivity index (χ1v) is 20.7. The zero-order chi connectivity index (χ0) is 34.3. The van der Waals surface area contributed by atoms with E-state index in [1.807, 2.05) is 6.08 Å². The first-order chi connectivity index (χ1) is 23.2. The van der Waals surface area contributed by atoms with Crippen LogP contribution in [0.2, 0.25) is 0 Å². The average molecular weight is 660 g/mol. The fourth-order valence-electron chi connectivity index (χ4n) is 6.15. The van der Waals surface area contributed by atoms with Gasteiger partial charge >= 0.3 is 0 Å². The Kier molecular flexibility index (Phi) is 37.9. The van der Waals surface area contributed by atoms with E-state index in [2.05, 4.69) is 43.5 Å². The predicted octanol–water partition coefficient (Wildman–Crippen LogP) is 12.6. The van der Waals surface area contributed by atoms with Crippen LogP contribution in [0.15, 0.2) is 36.5 Å². The molecule has 0 aliphatic rings. The number of hydrogen-bond acceptors (Lipinski definition) is 3. The van der Waals surface area contributed by atoms with E-state index in [1.165, 1.54) is 154 Å². The normalized spacial score (nSPS) is 13.4. The lowest BCUT2D eigenvalue weighted by Gasteiger charge is -2.19. The summed E-state index contributed by atoms with van der Waals surface area (Å²) in [5.41, 5.74) is 0. The number of allylic oxidation sites excluding steroid dienone is 5. The lowest BCUT2D eigenvalue weighted by atomic mass is 10.0. The van der Waals surface area contributed by atoms with Crippen molar-refractivity contribution in [2.75, 3.05) is 6.61 Å². The van der Waals surface area contributed by atoms with Crippen LogP contribution in [0, 0.1) is 0 Å². The lowest BCUT2D eigenvalue weighted by Crippen LogP contribution is -2.45. The Morgan fingerprint density at radius 1 is 0.489 bits per heavy atom. The van der Waals surface area contributed by atoms with Crippen molar-refractivity contribution in [3.05, 3.63) is 36.5 Å². The highest BCUT2D eigenvalue weighted by Gasteiger charge is 2.17. The van der Waals surface area contributed by atoms with Crippen molar-refractivity contribution in [2.24, 2.45) is 0 Å². The molecule has 0 aromatic heterocycles. The van der Waals surface area contributed by atoms with E-state index in [1.54, 1.807) is 6.08 Å². The van der Waals surface area contributed by atoms with Crippen molar-refractivity contribution in [1.29, 1.82) is 0 Å². The van der Waals surface area contributed by atoms with Gasteiger partial charge in [-0.05, 0) is 44.9 Å². The maximum atomic E-state index is 12.4. The zero-order valence-electron chi connectivity index (χ0n) is 31.5. The summed E-state index contributed by atoms with van der Waals surface area (Å²) in [6.45, 7) is 4.29. The summed E-state index contributed by atoms with van der Waals surface area (Å²) in [4.78, 5) is 12.4. The molecular weight excluding hydrogens is 578 g/mol. The summed E-state index contributed by atoms with van der Waals surface area (Å²) in [5.74, 6) is -0.0765. The van der Waals surface area contributed by atoms with Gasteiger partial charge in [0.2, 0.25) is 5.91 Å². The van der Waals surface area contributed by atoms with Gasteiger partial charge in [-0.25, -0.2) is 0 Å². The summed E-state index contributed by atoms with van der Waals surface area (Å²) < 4.78 is 0. The van der Waals surface area contributed by atoms with Gasteiger partial charge in [0.15, 0.2) is 0 Å². The fraction of sp³-hybridized carbons (Fsp3) is 0.837. The molecule has 0 aliphatic carbocycles. The second kappa shape index (κ2) is 39.1. The Balaban J connectivity index is 3.64. The van der Waals surface area contributed by atoms with Crippen molar-refractivity contribution < 1.29 is 15.0 Å². The number of carbonyl (C=O) groups is 1. The Bertz CT molecular complexity index is 716. The SMILES string of the molecule is CCCCCCCCC/C=C/CC/C=C/CC/C=C/C(O)C(CO)NC(=O)CCCCCCCCCCCCCCCCCCCC. The summed E-state index contributed by atoms with van der Waals surface area (Å²) in [5, 5.41) is 22.9. The molecule has 2 atom stereocenters. The molecule has 3 N–H and O–H groups in total. The van der Waals surface area contributed by atoms with E-state index in [9.17, 15) is 15.0 Å². The quantitative estimate of drug-likeness (QED) is 0.0459. The molecule has 0 spiro atoms. The largest absolute Gasteiger partial charge is 0.394 e. The van der Waals surface area contributed by atoms with Gasteiger partial charge in [0.25, 0.3) is 0 Å². The van der Waals surface area contributed by atoms with Gasteiger partial charge in [-0.15, -0.1) is 0 Å². The van der Waals surface area contributed by atoms with Crippen LogP contribution in [0.25, 0.3) is 0 Å². The lowest BCUT2D eigenvalue weighted by molar-refractivity contribution is -0.123. The van der Waals surface area contributed by atoms with Crippen LogP contribution in [-0.4, -0.2) is 34.9 Å². The summed E-state index contributed by atoms with van der Waals surface area (Å²) >= 11 is 0. The minimum Gasteiger partial charge on any atom is -0.394 e. The van der Waals surface area contributed by atoms with Crippen LogP contribution >= 0.6 is 0 Å². The molecular formula is C43H81NO3. The number of aliphatic hydroxyl groups excluding tert-OH is 2. The standard InChI is InChI=1S/C43H81NO3/c1-3-5-7-9-11-13-15-17-19-21-23-25-27-29-31-33-35-37-39-43(47)44-41(40-45)42(46)38-36-34-32-30-28-26-24-22-20-18-16-14-12-10-8-6-4-2/h20,22,28,30,36,38,41-42,45-46H,3-19,21,23-27,29,31-35,37,39-40H2,1-2H3,(H,44,47)/b22-20+,30-28+,38-36+. The Labute approximate surface area is 293 Å². The van der Waals surface area contributed by atoms with Crippen molar-refractivity contribution in [3.8, 4) is 0 Å². The van der Waals surface area contributed by atoms with Crippen LogP contribution in [0.1, 0.15) is 213 Å². The number of unbranched alkanes of at least 4 members (excludes halogenated alkanes) is 26. The van der Waals surface area contributed by atoms with Gasteiger partial charge in [-0.2, -0.15) is 0 Å². The van der Waals surface area contributed by atoms with E-state index in [4.69, 9.17) is 0 Å². The topological polar surface area (TPSA) is 69.6 Å². The third-order valence-electron chi connectivity index (χ3n) is 9.35. The highest BCUT2D eigenvalue weighted by Crippen LogP contribution is 2.15. The average Bonchev–Trinajstić information content (AvgIpc) is 3.07. The molecule has 2 unspecified atom stereocenters. The molecule has 47 heavy (non-hydrogen) atoms. The van der Waals surface area contributed by atoms with E-state index in [-0.39, 0.29) is 12.5 Å². The van der Waals surface area contributed by atoms with Gasteiger partial charge < -0.3 is 15.5 Å². The van der Waals surface area contributed by atoms with Gasteiger partial charge in [0.05, 0.1) is 18.8 Å². The summed E-state index contributed by atoms with van der Waals surface area (Å²) in [7, 11) is 0. The molecule has 4 nitrogen and oxygen atoms in total. The molecule has 0 aromatic rings. The number of aliphatic hydroxyl groups is 2. The molecule has 0 saturated carbocycles. The Morgan fingerprint density at radius 3 is 1.23 bits per heavy atom. The summed E-state index contributed by atoms with van der Waals surface area (Å²) in [6.07, 6.45) is 51.0. The molecule has 0 aromatic carbocycles. The molecule has 1 amide bonds. The number of amides is 1. The highest BCUT2D eigenvalue weighted by molar-refractivity contribution is 5.76. The number of rotatable bonds is 37. The van der Waals surface area contributed by atoms with Gasteiger partial charge in [-0.1, -0.05) is 198 Å². The van der Waals surface area contributed by atoms with E-state index in [0.717, 1.165) is 38.5 Å². The van der Waals surface area contributed by atoms with Crippen LogP contribution < -0.4 is 5.32 Å². The Hall–Kier alpha value is -1.39. The Morgan fingerprint density at radius 2 is 0.830 bits per heavy atom. The second-order valence-electron chi connectivity index (χ2n) is 14.0. The zero-order valence-corrected chi connectivity index (χ0v) is 31.5. The minimum absolute atomic E-state index is 0.0765. The monoisotopic (exact) mass is 660 g/mol. The third kappa shape index (κ3) is 35.7. The van der Waals surface area contributed by atoms with Crippen LogP contribution in [0.4, 0.5) is 0 Å². The maximum Gasteiger partial charge on any atom is 0.220 e. The molecule has 0 heterocycles. The van der Waals surface area contributed by atoms with Crippen molar-refractivity contribution in [1.82, 2.24) is 5.32 Å². The highest BCUT2D eigenvalue weighted by atomic mass is 16.3. The maximum absolute atomic E-state index is 12.4. The van der Waals surface area contributed by atoms with Crippen LogP contribution in [0.5, 0.6) is 0 Å². The first kappa shape index (κ1) is 45.6. The van der Waals surface area contributed by atoms with Gasteiger partial charge in [-0.3, -0.25) is 4.79 Å². The van der Waals surface area contributed by atoms with Crippen LogP contribution in [-0.2, 0) is 4.79 Å². The molecule has 0 aliphatic heterocycles. The van der Waals surface area contributed by atoms with Gasteiger partial charge in [0.1, 0.15) is 0 Å². The van der Waals surface area contributed by atoms with Crippen molar-refractivity contribution in [2.45, 2.75) is 225 Å². The van der Waals surface area contributed by atoms with Gasteiger partial charge in [0, 0.05) is 6.42 Å². The minimum atomic E-state index is -0.866. The van der Waals surface area contributed by atoms with E-state index < -0.39 is 12.1 Å². The molecule has 0 radical (unpaired) electrons. The number of nitrogens with one attached hydrogen (secondary N) is 1. The number of carbonyl (C=O) groups excluding carboxylic acids is 1.